The zero-order valence-corrected chi connectivity index (χ0v) is 16.0. The maximum absolute atomic E-state index is 12.9. The summed E-state index contributed by atoms with van der Waals surface area (Å²) in [4.78, 5) is 25.2. The maximum atomic E-state index is 12.9. The predicted molar refractivity (Wildman–Crippen MR) is 111 cm³/mol. The minimum Gasteiger partial charge on any atom is -0.508 e. The summed E-state index contributed by atoms with van der Waals surface area (Å²) in [7, 11) is 0. The smallest absolute Gasteiger partial charge is 0.312 e. The van der Waals surface area contributed by atoms with Gasteiger partial charge in [-0.05, 0) is 17.7 Å². The lowest BCUT2D eigenvalue weighted by Gasteiger charge is -2.26. The van der Waals surface area contributed by atoms with E-state index in [1.54, 1.807) is 36.4 Å². The number of hydrogen-bond donors (Lipinski definition) is 3. The van der Waals surface area contributed by atoms with E-state index < -0.39 is 28.8 Å². The highest BCUT2D eigenvalue weighted by molar-refractivity contribution is 5.96. The first-order valence-corrected chi connectivity index (χ1v) is 9.54. The zero-order chi connectivity index (χ0) is 21.7. The molecule has 3 N–H and O–H groups in total. The van der Waals surface area contributed by atoms with Crippen molar-refractivity contribution >= 4 is 16.9 Å². The Hall–Kier alpha value is -4.26. The number of benzene rings is 3. The summed E-state index contributed by atoms with van der Waals surface area (Å²) in [6, 6.07) is 16.5. The number of hydrogen-bond acceptors (Lipinski definition) is 7. The van der Waals surface area contributed by atoms with E-state index in [2.05, 4.69) is 0 Å². The molecule has 5 rings (SSSR count). The standard InChI is InChI=1S/C24H16O7/c25-14-8-4-7-13(9-14)15-10-18(27)31-24-19(15)23-20(21(28)22(24)29)16(26)11-17(30-23)12-5-2-1-3-6-12/h1-9,11,15,25,28-29H,10H2. The number of ether oxygens (including phenoxy) is 1. The molecule has 1 aromatic heterocycles. The molecule has 31 heavy (non-hydrogen) atoms. The van der Waals surface area contributed by atoms with Gasteiger partial charge >= 0.3 is 5.97 Å². The monoisotopic (exact) mass is 416 g/mol. The molecule has 7 heteroatoms. The fourth-order valence-corrected chi connectivity index (χ4v) is 3.98. The second-order valence-electron chi connectivity index (χ2n) is 7.31. The van der Waals surface area contributed by atoms with E-state index in [1.165, 1.54) is 18.2 Å². The fourth-order valence-electron chi connectivity index (χ4n) is 3.98. The van der Waals surface area contributed by atoms with E-state index >= 15 is 0 Å². The second-order valence-corrected chi connectivity index (χ2v) is 7.31. The molecule has 3 aromatic carbocycles. The van der Waals surface area contributed by atoms with Crippen LogP contribution in [0.4, 0.5) is 0 Å². The Morgan fingerprint density at radius 3 is 2.39 bits per heavy atom. The largest absolute Gasteiger partial charge is 0.508 e. The number of fused-ring (bicyclic) bond motifs is 3. The predicted octanol–water partition coefficient (Wildman–Crippen LogP) is 4.02. The molecule has 2 heterocycles. The van der Waals surface area contributed by atoms with Crippen LogP contribution < -0.4 is 10.2 Å². The third-order valence-electron chi connectivity index (χ3n) is 5.38. The highest BCUT2D eigenvalue weighted by Crippen LogP contribution is 2.52. The molecule has 154 valence electrons. The van der Waals surface area contributed by atoms with Gasteiger partial charge in [0.15, 0.2) is 16.9 Å². The topological polar surface area (TPSA) is 117 Å². The lowest BCUT2D eigenvalue weighted by molar-refractivity contribution is -0.135. The van der Waals surface area contributed by atoms with Gasteiger partial charge in [-0.1, -0.05) is 42.5 Å². The van der Waals surface area contributed by atoms with Crippen molar-refractivity contribution in [3.63, 3.8) is 0 Å². The van der Waals surface area contributed by atoms with E-state index in [0.29, 0.717) is 11.1 Å². The van der Waals surface area contributed by atoms with Crippen LogP contribution in [0.2, 0.25) is 0 Å². The van der Waals surface area contributed by atoms with Crippen LogP contribution in [0.25, 0.3) is 22.3 Å². The van der Waals surface area contributed by atoms with Gasteiger partial charge < -0.3 is 24.5 Å². The van der Waals surface area contributed by atoms with Crippen molar-refractivity contribution in [3.8, 4) is 34.3 Å². The highest BCUT2D eigenvalue weighted by atomic mass is 16.5. The summed E-state index contributed by atoms with van der Waals surface area (Å²) >= 11 is 0. The van der Waals surface area contributed by atoms with E-state index in [-0.39, 0.29) is 40.2 Å². The Morgan fingerprint density at radius 1 is 0.871 bits per heavy atom. The molecule has 0 aliphatic carbocycles. The van der Waals surface area contributed by atoms with Crippen molar-refractivity contribution in [3.05, 3.63) is 82.0 Å². The minimum absolute atomic E-state index is 0.00303. The van der Waals surface area contributed by atoms with Crippen LogP contribution >= 0.6 is 0 Å². The number of carbonyl (C=O) groups is 1. The van der Waals surface area contributed by atoms with Crippen molar-refractivity contribution in [2.75, 3.05) is 0 Å². The van der Waals surface area contributed by atoms with Crippen molar-refractivity contribution in [1.82, 2.24) is 0 Å². The van der Waals surface area contributed by atoms with Gasteiger partial charge in [0.25, 0.3) is 0 Å². The van der Waals surface area contributed by atoms with Crippen molar-refractivity contribution in [1.29, 1.82) is 0 Å². The van der Waals surface area contributed by atoms with Gasteiger partial charge in [0.05, 0.1) is 12.0 Å². The second kappa shape index (κ2) is 6.91. The van der Waals surface area contributed by atoms with Crippen LogP contribution in [-0.2, 0) is 4.79 Å². The Kier molecular flexibility index (Phi) is 4.18. The molecule has 0 radical (unpaired) electrons. The van der Waals surface area contributed by atoms with Crippen molar-refractivity contribution in [2.45, 2.75) is 12.3 Å². The first-order valence-electron chi connectivity index (χ1n) is 9.54. The van der Waals surface area contributed by atoms with Crippen LogP contribution in [0.5, 0.6) is 23.0 Å². The van der Waals surface area contributed by atoms with E-state index in [4.69, 9.17) is 9.15 Å². The van der Waals surface area contributed by atoms with Crippen molar-refractivity contribution in [2.24, 2.45) is 0 Å². The average Bonchev–Trinajstić information content (AvgIpc) is 2.77. The molecule has 0 bridgehead atoms. The molecule has 1 aliphatic rings. The molecular formula is C24H16O7. The molecular weight excluding hydrogens is 400 g/mol. The molecule has 1 unspecified atom stereocenters. The summed E-state index contributed by atoms with van der Waals surface area (Å²) in [5, 5.41) is 30.8. The maximum Gasteiger partial charge on any atom is 0.312 e. The first kappa shape index (κ1) is 18.7. The van der Waals surface area contributed by atoms with Gasteiger partial charge in [0, 0.05) is 17.5 Å². The molecule has 4 aromatic rings. The molecule has 7 nitrogen and oxygen atoms in total. The van der Waals surface area contributed by atoms with E-state index in [0.717, 1.165) is 0 Å². The van der Waals surface area contributed by atoms with Gasteiger partial charge in [-0.3, -0.25) is 9.59 Å². The zero-order valence-electron chi connectivity index (χ0n) is 16.0. The Labute approximate surface area is 175 Å². The molecule has 1 aliphatic heterocycles. The number of aromatic hydroxyl groups is 3. The Morgan fingerprint density at radius 2 is 1.65 bits per heavy atom. The number of carbonyl (C=O) groups excluding carboxylic acids is 1. The fraction of sp³-hybridized carbons (Fsp3) is 0.0833. The molecule has 0 saturated carbocycles. The number of phenols is 3. The summed E-state index contributed by atoms with van der Waals surface area (Å²) in [5.74, 6) is -2.73. The van der Waals surface area contributed by atoms with Crippen LogP contribution in [-0.4, -0.2) is 21.3 Å². The molecule has 0 fully saturated rings. The molecule has 1 atom stereocenters. The third-order valence-corrected chi connectivity index (χ3v) is 5.38. The highest BCUT2D eigenvalue weighted by Gasteiger charge is 2.36. The number of rotatable bonds is 2. The molecule has 0 saturated heterocycles. The SMILES string of the molecule is O=C1CC(c2cccc(O)c2)c2c(c(O)c(O)c3c(=O)cc(-c4ccccc4)oc23)O1. The van der Waals surface area contributed by atoms with Crippen LogP contribution in [0.1, 0.15) is 23.5 Å². The van der Waals surface area contributed by atoms with Crippen LogP contribution in [0, 0.1) is 0 Å². The van der Waals surface area contributed by atoms with Gasteiger partial charge in [0.1, 0.15) is 22.5 Å². The Balaban J connectivity index is 1.88. The minimum atomic E-state index is -0.716. The van der Waals surface area contributed by atoms with Gasteiger partial charge in [-0.2, -0.15) is 0 Å². The summed E-state index contributed by atoms with van der Waals surface area (Å²) < 4.78 is 11.3. The third kappa shape index (κ3) is 2.98. The quantitative estimate of drug-likeness (QED) is 0.257. The Bertz CT molecular complexity index is 1400. The van der Waals surface area contributed by atoms with E-state index in [1.807, 2.05) is 6.07 Å². The normalized spacial score (nSPS) is 15.5. The van der Waals surface area contributed by atoms with Crippen LogP contribution in [0.3, 0.4) is 0 Å². The molecule has 0 spiro atoms. The van der Waals surface area contributed by atoms with Crippen LogP contribution in [0.15, 0.2) is 69.9 Å². The van der Waals surface area contributed by atoms with E-state index in [9.17, 15) is 24.9 Å². The first-order chi connectivity index (χ1) is 14.9. The van der Waals surface area contributed by atoms with Gasteiger partial charge in [-0.25, -0.2) is 0 Å². The summed E-state index contributed by atoms with van der Waals surface area (Å²) in [6.07, 6.45) is -0.102. The van der Waals surface area contributed by atoms with Gasteiger partial charge in [-0.15, -0.1) is 0 Å². The summed E-state index contributed by atoms with van der Waals surface area (Å²) in [5.41, 5.74) is 0.923. The van der Waals surface area contributed by atoms with Crippen molar-refractivity contribution < 1.29 is 29.3 Å². The average molecular weight is 416 g/mol. The number of esters is 1. The lowest BCUT2D eigenvalue weighted by atomic mass is 9.84. The number of phenolic OH excluding ortho intramolecular Hbond substituents is 3. The lowest BCUT2D eigenvalue weighted by Crippen LogP contribution is -2.22. The molecule has 0 amide bonds. The van der Waals surface area contributed by atoms with Gasteiger partial charge in [0.2, 0.25) is 5.75 Å². The summed E-state index contributed by atoms with van der Waals surface area (Å²) in [6.45, 7) is 0.